The van der Waals surface area contributed by atoms with Gasteiger partial charge in [-0.1, -0.05) is 24.6 Å². The molecule has 29 heavy (non-hydrogen) atoms. The Hall–Kier alpha value is -2.15. The maximum Gasteiger partial charge on any atom is 0.285 e. The number of carbonyl (C=O) groups is 1. The highest BCUT2D eigenvalue weighted by Crippen LogP contribution is 2.35. The van der Waals surface area contributed by atoms with Gasteiger partial charge in [0, 0.05) is 37.7 Å². The van der Waals surface area contributed by atoms with E-state index in [0.29, 0.717) is 41.5 Å². The molecule has 1 amide bonds. The lowest BCUT2D eigenvalue weighted by molar-refractivity contribution is -0.138. The molecule has 1 aromatic carbocycles. The van der Waals surface area contributed by atoms with E-state index in [-0.39, 0.29) is 11.8 Å². The lowest BCUT2D eigenvalue weighted by Crippen LogP contribution is -2.41. The fraction of sp³-hybridized carbons (Fsp3) is 0.545. The van der Waals surface area contributed by atoms with Crippen LogP contribution < -0.4 is 0 Å². The van der Waals surface area contributed by atoms with E-state index < -0.39 is 10.0 Å². The SMILES string of the molecule is CC1=C(c2ccc(C)c(C)c2)S(=O)(=O)N=C1N1CCCN(C(=O)C2CCC2)CC1. The minimum Gasteiger partial charge on any atom is -0.354 e. The van der Waals surface area contributed by atoms with Gasteiger partial charge in [0.05, 0.1) is 0 Å². The molecule has 156 valence electrons. The fourth-order valence-corrected chi connectivity index (χ4v) is 5.80. The summed E-state index contributed by atoms with van der Waals surface area (Å²) in [7, 11) is -3.72. The van der Waals surface area contributed by atoms with Gasteiger partial charge in [-0.2, -0.15) is 8.42 Å². The van der Waals surface area contributed by atoms with E-state index in [2.05, 4.69) is 4.40 Å². The highest BCUT2D eigenvalue weighted by molar-refractivity contribution is 8.00. The maximum atomic E-state index is 12.9. The lowest BCUT2D eigenvalue weighted by Gasteiger charge is -2.31. The zero-order chi connectivity index (χ0) is 20.8. The number of aryl methyl sites for hydroxylation is 2. The van der Waals surface area contributed by atoms with Crippen molar-refractivity contribution in [2.75, 3.05) is 26.2 Å². The highest BCUT2D eigenvalue weighted by atomic mass is 32.2. The van der Waals surface area contributed by atoms with Crippen molar-refractivity contribution in [3.05, 3.63) is 40.5 Å². The summed E-state index contributed by atoms with van der Waals surface area (Å²) in [5.41, 5.74) is 3.59. The first-order chi connectivity index (χ1) is 13.8. The molecule has 2 aliphatic heterocycles. The molecular formula is C22H29N3O3S. The first-order valence-corrected chi connectivity index (χ1v) is 11.9. The third-order valence-electron chi connectivity index (χ3n) is 6.47. The van der Waals surface area contributed by atoms with Gasteiger partial charge in [-0.15, -0.1) is 4.40 Å². The number of rotatable bonds is 2. The van der Waals surface area contributed by atoms with Crippen molar-refractivity contribution in [2.24, 2.45) is 10.3 Å². The van der Waals surface area contributed by atoms with Crippen LogP contribution in [-0.4, -0.2) is 56.1 Å². The van der Waals surface area contributed by atoms with Gasteiger partial charge in [0.15, 0.2) is 0 Å². The number of carbonyl (C=O) groups excluding carboxylic acids is 1. The van der Waals surface area contributed by atoms with Crippen LogP contribution in [-0.2, 0) is 14.8 Å². The number of benzene rings is 1. The molecule has 0 bridgehead atoms. The summed E-state index contributed by atoms with van der Waals surface area (Å²) in [6.07, 6.45) is 3.98. The zero-order valence-electron chi connectivity index (χ0n) is 17.4. The number of hydrogen-bond acceptors (Lipinski definition) is 4. The van der Waals surface area contributed by atoms with Crippen LogP contribution in [0.15, 0.2) is 28.2 Å². The molecular weight excluding hydrogens is 386 g/mol. The van der Waals surface area contributed by atoms with Crippen molar-refractivity contribution in [1.29, 1.82) is 0 Å². The molecule has 1 aromatic rings. The van der Waals surface area contributed by atoms with Crippen molar-refractivity contribution in [3.63, 3.8) is 0 Å². The van der Waals surface area contributed by atoms with Crippen LogP contribution in [0.2, 0.25) is 0 Å². The molecule has 0 unspecified atom stereocenters. The minimum absolute atomic E-state index is 0.198. The Morgan fingerprint density at radius 1 is 1.00 bits per heavy atom. The van der Waals surface area contributed by atoms with E-state index in [1.54, 1.807) is 0 Å². The van der Waals surface area contributed by atoms with Crippen molar-refractivity contribution in [2.45, 2.75) is 46.5 Å². The van der Waals surface area contributed by atoms with E-state index in [1.165, 1.54) is 0 Å². The summed E-state index contributed by atoms with van der Waals surface area (Å²) in [6, 6.07) is 5.73. The predicted molar refractivity (Wildman–Crippen MR) is 115 cm³/mol. The average Bonchev–Trinajstić information content (AvgIpc) is 2.78. The van der Waals surface area contributed by atoms with Crippen LogP contribution in [0, 0.1) is 19.8 Å². The molecule has 6 nitrogen and oxygen atoms in total. The Morgan fingerprint density at radius 3 is 2.41 bits per heavy atom. The van der Waals surface area contributed by atoms with Crippen LogP contribution in [0.4, 0.5) is 0 Å². The van der Waals surface area contributed by atoms with Crippen molar-refractivity contribution in [3.8, 4) is 0 Å². The number of amides is 1. The summed E-state index contributed by atoms with van der Waals surface area (Å²) in [6.45, 7) is 8.53. The predicted octanol–water partition coefficient (Wildman–Crippen LogP) is 3.11. The monoisotopic (exact) mass is 415 g/mol. The van der Waals surface area contributed by atoms with E-state index in [9.17, 15) is 13.2 Å². The van der Waals surface area contributed by atoms with Crippen molar-refractivity contribution >= 4 is 26.7 Å². The molecule has 0 N–H and O–H groups in total. The van der Waals surface area contributed by atoms with Crippen LogP contribution in [0.3, 0.4) is 0 Å². The molecule has 2 fully saturated rings. The van der Waals surface area contributed by atoms with Crippen LogP contribution in [0.5, 0.6) is 0 Å². The lowest BCUT2D eigenvalue weighted by atomic mass is 9.84. The van der Waals surface area contributed by atoms with Crippen molar-refractivity contribution in [1.82, 2.24) is 9.80 Å². The summed E-state index contributed by atoms with van der Waals surface area (Å²) in [4.78, 5) is 16.9. The van der Waals surface area contributed by atoms with Gasteiger partial charge in [0.25, 0.3) is 10.0 Å². The zero-order valence-corrected chi connectivity index (χ0v) is 18.3. The molecule has 3 aliphatic rings. The Bertz CT molecular complexity index is 1010. The number of hydrogen-bond donors (Lipinski definition) is 0. The second kappa shape index (κ2) is 7.59. The first kappa shape index (κ1) is 20.1. The standard InChI is InChI=1S/C22H29N3O3S/c1-15-8-9-19(14-16(15)2)20-17(3)21(23-29(20,27)28)24-10-5-11-25(13-12-24)22(26)18-6-4-7-18/h8-9,14,18H,4-7,10-13H2,1-3H3. The third-order valence-corrected chi connectivity index (χ3v) is 7.94. The quantitative estimate of drug-likeness (QED) is 0.744. The molecule has 1 aliphatic carbocycles. The second-order valence-corrected chi connectivity index (χ2v) is 9.98. The minimum atomic E-state index is -3.72. The molecule has 7 heteroatoms. The van der Waals surface area contributed by atoms with Gasteiger partial charge in [0.2, 0.25) is 5.91 Å². The van der Waals surface area contributed by atoms with E-state index >= 15 is 0 Å². The molecule has 1 saturated carbocycles. The number of sulfonamides is 1. The van der Waals surface area contributed by atoms with Gasteiger partial charge in [-0.25, -0.2) is 0 Å². The molecule has 1 saturated heterocycles. The van der Waals surface area contributed by atoms with Crippen LogP contribution in [0.25, 0.3) is 4.91 Å². The Balaban J connectivity index is 1.57. The molecule has 2 heterocycles. The second-order valence-electron chi connectivity index (χ2n) is 8.44. The average molecular weight is 416 g/mol. The Morgan fingerprint density at radius 2 is 1.76 bits per heavy atom. The number of amidine groups is 1. The van der Waals surface area contributed by atoms with E-state index in [1.807, 2.05) is 48.8 Å². The van der Waals surface area contributed by atoms with E-state index in [4.69, 9.17) is 0 Å². The molecule has 0 radical (unpaired) electrons. The maximum absolute atomic E-state index is 12.9. The molecule has 0 spiro atoms. The molecule has 4 rings (SSSR count). The summed E-state index contributed by atoms with van der Waals surface area (Å²) in [5, 5.41) is 0. The summed E-state index contributed by atoms with van der Waals surface area (Å²) < 4.78 is 29.9. The summed E-state index contributed by atoms with van der Waals surface area (Å²) in [5.74, 6) is 1.00. The molecule has 0 atom stereocenters. The Kier molecular flexibility index (Phi) is 5.27. The number of nitrogens with zero attached hydrogens (tertiary/aromatic N) is 3. The topological polar surface area (TPSA) is 70.1 Å². The van der Waals surface area contributed by atoms with Gasteiger partial charge < -0.3 is 9.80 Å². The normalized spacial score (nSPS) is 22.4. The van der Waals surface area contributed by atoms with Gasteiger partial charge >= 0.3 is 0 Å². The first-order valence-electron chi connectivity index (χ1n) is 10.5. The smallest absolute Gasteiger partial charge is 0.285 e. The van der Waals surface area contributed by atoms with Crippen LogP contribution >= 0.6 is 0 Å². The van der Waals surface area contributed by atoms with Gasteiger partial charge in [0.1, 0.15) is 10.7 Å². The third kappa shape index (κ3) is 3.72. The van der Waals surface area contributed by atoms with E-state index in [0.717, 1.165) is 43.4 Å². The largest absolute Gasteiger partial charge is 0.354 e. The van der Waals surface area contributed by atoms with Crippen LogP contribution in [0.1, 0.15) is 49.3 Å². The fourth-order valence-electron chi connectivity index (χ4n) is 4.33. The summed E-state index contributed by atoms with van der Waals surface area (Å²) >= 11 is 0. The van der Waals surface area contributed by atoms with Gasteiger partial charge in [-0.05, 0) is 56.7 Å². The highest BCUT2D eigenvalue weighted by Gasteiger charge is 2.35. The Labute approximate surface area is 173 Å². The molecule has 0 aromatic heterocycles. The van der Waals surface area contributed by atoms with Gasteiger partial charge in [-0.3, -0.25) is 4.79 Å². The van der Waals surface area contributed by atoms with Crippen molar-refractivity contribution < 1.29 is 13.2 Å².